The van der Waals surface area contributed by atoms with Gasteiger partial charge in [0.05, 0.1) is 0 Å². The lowest BCUT2D eigenvalue weighted by molar-refractivity contribution is -0.120. The van der Waals surface area contributed by atoms with Gasteiger partial charge in [-0.1, -0.05) is 25.1 Å². The molecule has 1 N–H and O–H groups in total. The smallest absolute Gasteiger partial charge is 0.293 e. The van der Waals surface area contributed by atoms with E-state index in [4.69, 9.17) is 0 Å². The summed E-state index contributed by atoms with van der Waals surface area (Å²) in [4.78, 5) is 24.3. The molecule has 1 aliphatic heterocycles. The van der Waals surface area contributed by atoms with Crippen molar-refractivity contribution in [3.63, 3.8) is 0 Å². The standard InChI is InChI=1S/C12H14N2O2/c1-2-9-5-3-4-6-10(9)14-8-7-11(15)13-12(14)16/h3-6H,2,7-8H2,1H3,(H,13,15,16). The van der Waals surface area contributed by atoms with Crippen molar-refractivity contribution in [3.8, 4) is 0 Å². The summed E-state index contributed by atoms with van der Waals surface area (Å²) >= 11 is 0. The summed E-state index contributed by atoms with van der Waals surface area (Å²) in [5, 5.41) is 2.33. The summed E-state index contributed by atoms with van der Waals surface area (Å²) in [6.07, 6.45) is 1.23. The number of carbonyl (C=O) groups is 2. The Balaban J connectivity index is 2.30. The fourth-order valence-corrected chi connectivity index (χ4v) is 1.87. The molecule has 16 heavy (non-hydrogen) atoms. The van der Waals surface area contributed by atoms with Crippen LogP contribution in [0.5, 0.6) is 0 Å². The van der Waals surface area contributed by atoms with Crippen LogP contribution in [0.4, 0.5) is 10.5 Å². The number of para-hydroxylation sites is 1. The number of aryl methyl sites for hydroxylation is 1. The molecule has 1 heterocycles. The molecule has 3 amide bonds. The molecule has 0 unspecified atom stereocenters. The van der Waals surface area contributed by atoms with Crippen molar-refractivity contribution in [2.75, 3.05) is 11.4 Å². The molecule has 0 spiro atoms. The third-order valence-corrected chi connectivity index (χ3v) is 2.72. The van der Waals surface area contributed by atoms with E-state index in [1.807, 2.05) is 31.2 Å². The van der Waals surface area contributed by atoms with Gasteiger partial charge in [0.25, 0.3) is 0 Å². The number of carbonyl (C=O) groups excluding carboxylic acids is 2. The van der Waals surface area contributed by atoms with Gasteiger partial charge in [-0.25, -0.2) is 4.79 Å². The van der Waals surface area contributed by atoms with Crippen molar-refractivity contribution in [1.29, 1.82) is 0 Å². The van der Waals surface area contributed by atoms with Crippen LogP contribution < -0.4 is 10.2 Å². The number of hydrogen-bond acceptors (Lipinski definition) is 2. The molecule has 0 aliphatic carbocycles. The molecular formula is C12H14N2O2. The lowest BCUT2D eigenvalue weighted by atomic mass is 10.1. The molecule has 0 atom stereocenters. The van der Waals surface area contributed by atoms with Gasteiger partial charge in [-0.05, 0) is 18.1 Å². The molecule has 4 nitrogen and oxygen atoms in total. The maximum absolute atomic E-state index is 11.7. The van der Waals surface area contributed by atoms with Crippen LogP contribution >= 0.6 is 0 Å². The second kappa shape index (κ2) is 4.35. The molecular weight excluding hydrogens is 204 g/mol. The van der Waals surface area contributed by atoms with Gasteiger partial charge < -0.3 is 0 Å². The van der Waals surface area contributed by atoms with Crippen LogP contribution in [0.25, 0.3) is 0 Å². The molecule has 1 aliphatic rings. The van der Waals surface area contributed by atoms with Gasteiger partial charge in [0.15, 0.2) is 0 Å². The molecule has 0 saturated carbocycles. The number of nitrogens with zero attached hydrogens (tertiary/aromatic N) is 1. The van der Waals surface area contributed by atoms with Gasteiger partial charge in [-0.2, -0.15) is 0 Å². The first-order chi connectivity index (χ1) is 7.72. The van der Waals surface area contributed by atoms with E-state index >= 15 is 0 Å². The van der Waals surface area contributed by atoms with Crippen molar-refractivity contribution in [1.82, 2.24) is 5.32 Å². The predicted molar refractivity (Wildman–Crippen MR) is 61.3 cm³/mol. The molecule has 84 valence electrons. The van der Waals surface area contributed by atoms with E-state index < -0.39 is 0 Å². The van der Waals surface area contributed by atoms with E-state index in [2.05, 4.69) is 5.32 Å². The number of amides is 3. The van der Waals surface area contributed by atoms with Crippen LogP contribution in [0.1, 0.15) is 18.9 Å². The third kappa shape index (κ3) is 1.91. The first kappa shape index (κ1) is 10.7. The highest BCUT2D eigenvalue weighted by Gasteiger charge is 2.25. The number of anilines is 1. The Morgan fingerprint density at radius 2 is 2.06 bits per heavy atom. The monoisotopic (exact) mass is 218 g/mol. The summed E-state index contributed by atoms with van der Waals surface area (Å²) in [7, 11) is 0. The van der Waals surface area contributed by atoms with Crippen molar-refractivity contribution in [2.45, 2.75) is 19.8 Å². The fourth-order valence-electron chi connectivity index (χ4n) is 1.87. The minimum absolute atomic E-state index is 0.199. The fraction of sp³-hybridized carbons (Fsp3) is 0.333. The molecule has 0 bridgehead atoms. The van der Waals surface area contributed by atoms with Gasteiger partial charge in [0, 0.05) is 18.7 Å². The van der Waals surface area contributed by atoms with Crippen LogP contribution in [-0.2, 0) is 11.2 Å². The zero-order valence-corrected chi connectivity index (χ0v) is 9.19. The van der Waals surface area contributed by atoms with E-state index in [9.17, 15) is 9.59 Å². The number of hydrogen-bond donors (Lipinski definition) is 1. The van der Waals surface area contributed by atoms with Crippen molar-refractivity contribution < 1.29 is 9.59 Å². The second-order valence-electron chi connectivity index (χ2n) is 3.74. The zero-order valence-electron chi connectivity index (χ0n) is 9.19. The van der Waals surface area contributed by atoms with Crippen molar-refractivity contribution in [3.05, 3.63) is 29.8 Å². The Bertz CT molecular complexity index is 429. The molecule has 2 rings (SSSR count). The molecule has 0 radical (unpaired) electrons. The zero-order chi connectivity index (χ0) is 11.5. The largest absolute Gasteiger partial charge is 0.328 e. The third-order valence-electron chi connectivity index (χ3n) is 2.72. The second-order valence-corrected chi connectivity index (χ2v) is 3.74. The van der Waals surface area contributed by atoms with Gasteiger partial charge in [0.1, 0.15) is 0 Å². The van der Waals surface area contributed by atoms with E-state index in [1.54, 1.807) is 4.90 Å². The Labute approximate surface area is 94.2 Å². The summed E-state index contributed by atoms with van der Waals surface area (Å²) in [6.45, 7) is 2.51. The maximum Gasteiger partial charge on any atom is 0.328 e. The number of benzene rings is 1. The van der Waals surface area contributed by atoms with E-state index in [1.165, 1.54) is 0 Å². The van der Waals surface area contributed by atoms with Crippen LogP contribution in [-0.4, -0.2) is 18.5 Å². The van der Waals surface area contributed by atoms with E-state index in [-0.39, 0.29) is 11.9 Å². The number of urea groups is 1. The quantitative estimate of drug-likeness (QED) is 0.821. The first-order valence-corrected chi connectivity index (χ1v) is 5.41. The number of imide groups is 1. The summed E-state index contributed by atoms with van der Waals surface area (Å²) < 4.78 is 0. The molecule has 0 aromatic heterocycles. The van der Waals surface area contributed by atoms with Gasteiger partial charge in [-0.3, -0.25) is 15.0 Å². The minimum atomic E-state index is -0.322. The normalized spacial score (nSPS) is 16.2. The van der Waals surface area contributed by atoms with Crippen LogP contribution in [0.2, 0.25) is 0 Å². The highest BCUT2D eigenvalue weighted by Crippen LogP contribution is 2.22. The molecule has 1 aromatic carbocycles. The van der Waals surface area contributed by atoms with E-state index in [0.29, 0.717) is 13.0 Å². The maximum atomic E-state index is 11.7. The van der Waals surface area contributed by atoms with Crippen LogP contribution in [0, 0.1) is 0 Å². The van der Waals surface area contributed by atoms with Gasteiger partial charge >= 0.3 is 6.03 Å². The highest BCUT2D eigenvalue weighted by atomic mass is 16.2. The number of rotatable bonds is 2. The molecule has 4 heteroatoms. The van der Waals surface area contributed by atoms with Crippen LogP contribution in [0.3, 0.4) is 0 Å². The average molecular weight is 218 g/mol. The van der Waals surface area contributed by atoms with Gasteiger partial charge in [-0.15, -0.1) is 0 Å². The Hall–Kier alpha value is -1.84. The average Bonchev–Trinajstić information content (AvgIpc) is 2.29. The van der Waals surface area contributed by atoms with E-state index in [0.717, 1.165) is 17.7 Å². The molecule has 1 aromatic rings. The minimum Gasteiger partial charge on any atom is -0.293 e. The molecule has 1 fully saturated rings. The SMILES string of the molecule is CCc1ccccc1N1CCC(=O)NC1=O. The van der Waals surface area contributed by atoms with Crippen LogP contribution in [0.15, 0.2) is 24.3 Å². The lowest BCUT2D eigenvalue weighted by Gasteiger charge is -2.28. The Kier molecular flexibility index (Phi) is 2.90. The molecule has 1 saturated heterocycles. The Morgan fingerprint density at radius 3 is 2.75 bits per heavy atom. The summed E-state index contributed by atoms with van der Waals surface area (Å²) in [5.74, 6) is -0.199. The Morgan fingerprint density at radius 1 is 1.31 bits per heavy atom. The lowest BCUT2D eigenvalue weighted by Crippen LogP contribution is -2.49. The van der Waals surface area contributed by atoms with Crippen molar-refractivity contribution >= 4 is 17.6 Å². The van der Waals surface area contributed by atoms with Crippen molar-refractivity contribution in [2.24, 2.45) is 0 Å². The summed E-state index contributed by atoms with van der Waals surface area (Å²) in [6, 6.07) is 7.44. The van der Waals surface area contributed by atoms with Gasteiger partial charge in [0.2, 0.25) is 5.91 Å². The summed E-state index contributed by atoms with van der Waals surface area (Å²) in [5.41, 5.74) is 2.02. The topological polar surface area (TPSA) is 49.4 Å². The predicted octanol–water partition coefficient (Wildman–Crippen LogP) is 1.70. The number of nitrogens with one attached hydrogen (secondary N) is 1. The first-order valence-electron chi connectivity index (χ1n) is 5.41. The highest BCUT2D eigenvalue weighted by molar-refractivity contribution is 6.05.